The van der Waals surface area contributed by atoms with Gasteiger partial charge in [0.25, 0.3) is 11.8 Å². The Balaban J connectivity index is 1.20. The largest absolute Gasteiger partial charge is 0.349 e. The molecule has 2 aliphatic rings. The van der Waals surface area contributed by atoms with Gasteiger partial charge in [-0.2, -0.15) is 0 Å². The number of nitrogens with one attached hydrogen (secondary N) is 2. The molecule has 0 aliphatic heterocycles. The van der Waals surface area contributed by atoms with Crippen molar-refractivity contribution >= 4 is 55.2 Å². The Bertz CT molecular complexity index is 1470. The minimum atomic E-state index is -0.0245. The monoisotopic (exact) mass is 598 g/mol. The summed E-state index contributed by atoms with van der Waals surface area (Å²) in [7, 11) is 3.20. The van der Waals surface area contributed by atoms with E-state index in [1.807, 2.05) is 48.5 Å². The lowest BCUT2D eigenvalue weighted by molar-refractivity contribution is 0.0916. The highest BCUT2D eigenvalue weighted by atomic mass is 33.1. The van der Waals surface area contributed by atoms with Crippen LogP contribution in [0.3, 0.4) is 0 Å². The van der Waals surface area contributed by atoms with E-state index in [1.54, 1.807) is 34.0 Å². The maximum atomic E-state index is 13.3. The van der Waals surface area contributed by atoms with Crippen molar-refractivity contribution in [1.29, 1.82) is 0 Å². The number of carbonyl (C=O) groups is 2. The van der Waals surface area contributed by atoms with E-state index < -0.39 is 0 Å². The predicted octanol–water partition coefficient (Wildman–Crippen LogP) is 8.20. The van der Waals surface area contributed by atoms with E-state index in [-0.39, 0.29) is 23.9 Å². The van der Waals surface area contributed by atoms with Gasteiger partial charge < -0.3 is 10.6 Å². The van der Waals surface area contributed by atoms with Gasteiger partial charge in [0, 0.05) is 56.2 Å². The van der Waals surface area contributed by atoms with Crippen LogP contribution in [0.2, 0.25) is 0 Å². The predicted molar refractivity (Wildman–Crippen MR) is 173 cm³/mol. The maximum Gasteiger partial charge on any atom is 0.252 e. The van der Waals surface area contributed by atoms with Gasteiger partial charge in [0.15, 0.2) is 0 Å². The van der Waals surface area contributed by atoms with Gasteiger partial charge in [-0.25, -0.2) is 0 Å². The molecule has 0 unspecified atom stereocenters. The van der Waals surface area contributed by atoms with Gasteiger partial charge in [-0.3, -0.25) is 19.6 Å². The molecule has 2 aromatic carbocycles. The van der Waals surface area contributed by atoms with E-state index in [1.165, 1.54) is 0 Å². The number of rotatable bonds is 7. The fourth-order valence-electron chi connectivity index (χ4n) is 6.25. The Morgan fingerprint density at radius 3 is 1.43 bits per heavy atom. The highest BCUT2D eigenvalue weighted by Gasteiger charge is 2.23. The second-order valence-corrected chi connectivity index (χ2v) is 14.3. The molecule has 2 heterocycles. The summed E-state index contributed by atoms with van der Waals surface area (Å²) in [5.41, 5.74) is 2.96. The number of nitrogens with zero attached hydrogens (tertiary/aromatic N) is 2. The third-order valence-electron chi connectivity index (χ3n) is 8.88. The summed E-state index contributed by atoms with van der Waals surface area (Å²) in [6, 6.07) is 16.0. The van der Waals surface area contributed by atoms with E-state index in [0.717, 1.165) is 94.8 Å². The lowest BCUT2D eigenvalue weighted by Crippen LogP contribution is -2.37. The second-order valence-electron chi connectivity index (χ2n) is 12.0. The minimum Gasteiger partial charge on any atom is -0.349 e. The SMILES string of the molecule is CC1CCC(NC(=O)c2ccc(SSc3ccc(C(=O)NC4CCC(C)CC4)c4cccnc34)c3ncccc23)CC1. The molecular formula is C34H38N4O2S2. The Labute approximate surface area is 255 Å². The zero-order valence-electron chi connectivity index (χ0n) is 24.3. The fraction of sp³-hybridized carbons (Fsp3) is 0.412. The summed E-state index contributed by atoms with van der Waals surface area (Å²) in [6.07, 6.45) is 12.4. The van der Waals surface area contributed by atoms with E-state index >= 15 is 0 Å². The first-order chi connectivity index (χ1) is 20.5. The standard InChI is InChI=1S/C34H38N4O2S2/c1-21-7-11-23(12-8-21)37-33(39)27-15-17-29(31-25(27)5-3-19-35-31)41-42-30-18-16-28(26-6-4-20-36-32(26)30)34(40)38-24-13-9-22(2)10-14-24/h3-6,15-24H,7-14H2,1-2H3,(H,37,39)(H,38,40). The maximum absolute atomic E-state index is 13.3. The van der Waals surface area contributed by atoms with Crippen LogP contribution >= 0.6 is 21.6 Å². The average molecular weight is 599 g/mol. The van der Waals surface area contributed by atoms with Crippen LogP contribution in [0.15, 0.2) is 70.7 Å². The number of aromatic nitrogens is 2. The molecule has 0 atom stereocenters. The van der Waals surface area contributed by atoms with Crippen LogP contribution in [0.4, 0.5) is 0 Å². The van der Waals surface area contributed by atoms with E-state index in [0.29, 0.717) is 11.1 Å². The lowest BCUT2D eigenvalue weighted by Gasteiger charge is -2.27. The number of pyridine rings is 2. The van der Waals surface area contributed by atoms with E-state index in [4.69, 9.17) is 0 Å². The molecule has 0 saturated heterocycles. The first kappa shape index (κ1) is 29.0. The van der Waals surface area contributed by atoms with Crippen LogP contribution in [-0.4, -0.2) is 33.9 Å². The van der Waals surface area contributed by atoms with Gasteiger partial charge in [-0.15, -0.1) is 0 Å². The van der Waals surface area contributed by atoms with E-state index in [9.17, 15) is 9.59 Å². The highest BCUT2D eigenvalue weighted by Crippen LogP contribution is 2.43. The molecule has 2 aliphatic carbocycles. The molecule has 6 rings (SSSR count). The van der Waals surface area contributed by atoms with Gasteiger partial charge in [0.2, 0.25) is 0 Å². The van der Waals surface area contributed by atoms with Crippen LogP contribution in [0, 0.1) is 11.8 Å². The summed E-state index contributed by atoms with van der Waals surface area (Å²) >= 11 is 0. The summed E-state index contributed by atoms with van der Waals surface area (Å²) in [5.74, 6) is 1.43. The van der Waals surface area contributed by atoms with Crippen LogP contribution in [-0.2, 0) is 0 Å². The molecule has 6 nitrogen and oxygen atoms in total. The number of fused-ring (bicyclic) bond motifs is 2. The number of amides is 2. The molecule has 2 aromatic heterocycles. The van der Waals surface area contributed by atoms with Crippen molar-refractivity contribution < 1.29 is 9.59 Å². The van der Waals surface area contributed by atoms with Crippen molar-refractivity contribution in [1.82, 2.24) is 20.6 Å². The Morgan fingerprint density at radius 1 is 0.619 bits per heavy atom. The van der Waals surface area contributed by atoms with Crippen molar-refractivity contribution in [3.8, 4) is 0 Å². The molecular weight excluding hydrogens is 561 g/mol. The smallest absolute Gasteiger partial charge is 0.252 e. The third-order valence-corrected chi connectivity index (χ3v) is 11.3. The molecule has 8 heteroatoms. The van der Waals surface area contributed by atoms with Crippen molar-refractivity contribution in [3.05, 3.63) is 72.1 Å². The van der Waals surface area contributed by atoms with E-state index in [2.05, 4.69) is 34.4 Å². The molecule has 2 amide bonds. The third kappa shape index (κ3) is 6.45. The summed E-state index contributed by atoms with van der Waals surface area (Å²) in [5, 5.41) is 8.25. The van der Waals surface area contributed by atoms with Crippen LogP contribution in [0.25, 0.3) is 21.8 Å². The topological polar surface area (TPSA) is 84.0 Å². The van der Waals surface area contributed by atoms with Crippen molar-refractivity contribution in [2.75, 3.05) is 0 Å². The first-order valence-corrected chi connectivity index (χ1v) is 17.3. The molecule has 218 valence electrons. The van der Waals surface area contributed by atoms with Crippen molar-refractivity contribution in [3.63, 3.8) is 0 Å². The zero-order chi connectivity index (χ0) is 29.1. The fourth-order valence-corrected chi connectivity index (χ4v) is 8.50. The molecule has 2 N–H and O–H groups in total. The number of hydrogen-bond donors (Lipinski definition) is 2. The number of carbonyl (C=O) groups excluding carboxylic acids is 2. The lowest BCUT2D eigenvalue weighted by atomic mass is 9.87. The van der Waals surface area contributed by atoms with Gasteiger partial charge in [0.1, 0.15) is 0 Å². The molecule has 2 fully saturated rings. The van der Waals surface area contributed by atoms with Crippen LogP contribution in [0.5, 0.6) is 0 Å². The number of benzene rings is 2. The zero-order valence-corrected chi connectivity index (χ0v) is 25.9. The van der Waals surface area contributed by atoms with Crippen molar-refractivity contribution in [2.45, 2.75) is 87.1 Å². The Kier molecular flexibility index (Phi) is 9.00. The quantitative estimate of drug-likeness (QED) is 0.209. The molecule has 0 spiro atoms. The second kappa shape index (κ2) is 13.0. The Morgan fingerprint density at radius 2 is 1.02 bits per heavy atom. The van der Waals surface area contributed by atoms with Gasteiger partial charge in [-0.1, -0.05) is 47.6 Å². The summed E-state index contributed by atoms with van der Waals surface area (Å²) in [6.45, 7) is 4.57. The van der Waals surface area contributed by atoms with Gasteiger partial charge in [-0.05, 0) is 99.6 Å². The molecule has 4 aromatic rings. The molecule has 0 bridgehead atoms. The summed E-state index contributed by atoms with van der Waals surface area (Å²) in [4.78, 5) is 37.9. The molecule has 2 saturated carbocycles. The average Bonchev–Trinajstić information content (AvgIpc) is 3.01. The van der Waals surface area contributed by atoms with Crippen LogP contribution < -0.4 is 10.6 Å². The minimum absolute atomic E-state index is 0.0245. The van der Waals surface area contributed by atoms with Crippen molar-refractivity contribution in [2.24, 2.45) is 11.8 Å². The van der Waals surface area contributed by atoms with Gasteiger partial charge >= 0.3 is 0 Å². The first-order valence-electron chi connectivity index (χ1n) is 15.2. The normalized spacial score (nSPS) is 22.6. The molecule has 0 radical (unpaired) electrons. The van der Waals surface area contributed by atoms with Crippen LogP contribution in [0.1, 0.15) is 85.9 Å². The van der Waals surface area contributed by atoms with Gasteiger partial charge in [0.05, 0.1) is 11.0 Å². The highest BCUT2D eigenvalue weighted by molar-refractivity contribution is 8.76. The number of hydrogen-bond acceptors (Lipinski definition) is 6. The molecule has 42 heavy (non-hydrogen) atoms. The Hall–Kier alpha value is -3.10. The summed E-state index contributed by atoms with van der Waals surface area (Å²) < 4.78 is 0.